The van der Waals surface area contributed by atoms with Gasteiger partial charge in [0.2, 0.25) is 0 Å². The summed E-state index contributed by atoms with van der Waals surface area (Å²) in [6.45, 7) is 3.52. The Hall–Kier alpha value is -4.71. The first-order valence-electron chi connectivity index (χ1n) is 14.0. The zero-order chi connectivity index (χ0) is 32.5. The van der Waals surface area contributed by atoms with Crippen molar-refractivity contribution >= 4 is 16.9 Å². The molecule has 0 saturated carbocycles. The van der Waals surface area contributed by atoms with Crippen molar-refractivity contribution in [1.82, 2.24) is 19.9 Å². The standard InChI is InChI=1S/C33H29F6N5O/c1-18-8-28-30(9-19(18)2)44(17-43-28)24(15-33(37,38)39)16-42-29(12-20-10-22(34)14-23(35)11-20)31-25(4-3-7-41-31)21-5-6-27(36)26(13-21)32(40)45/h3-11,13-14,17,24,29,42H,12,15-16H2,1-2H3,(H2,40,45)/t24?,29-/m0/s1. The predicted octanol–water partition coefficient (Wildman–Crippen LogP) is 7.30. The molecular weight excluding hydrogens is 596 g/mol. The third-order valence-corrected chi connectivity index (χ3v) is 7.72. The average Bonchev–Trinajstić information content (AvgIpc) is 3.36. The van der Waals surface area contributed by atoms with Gasteiger partial charge in [0, 0.05) is 24.4 Å². The van der Waals surface area contributed by atoms with Crippen molar-refractivity contribution in [3.63, 3.8) is 0 Å². The lowest BCUT2D eigenvalue weighted by atomic mass is 9.94. The lowest BCUT2D eigenvalue weighted by Crippen LogP contribution is -2.33. The molecule has 0 aliphatic rings. The van der Waals surface area contributed by atoms with Crippen LogP contribution in [0.2, 0.25) is 0 Å². The van der Waals surface area contributed by atoms with Crippen LogP contribution in [0.3, 0.4) is 0 Å². The maximum atomic E-state index is 14.3. The monoisotopic (exact) mass is 625 g/mol. The molecule has 0 aliphatic heterocycles. The van der Waals surface area contributed by atoms with E-state index in [4.69, 9.17) is 5.73 Å². The van der Waals surface area contributed by atoms with Crippen molar-refractivity contribution in [3.05, 3.63) is 119 Å². The fraction of sp³-hybridized carbons (Fsp3) is 0.242. The van der Waals surface area contributed by atoms with E-state index in [1.54, 1.807) is 18.2 Å². The summed E-state index contributed by atoms with van der Waals surface area (Å²) in [4.78, 5) is 20.7. The molecule has 1 unspecified atom stereocenters. The van der Waals surface area contributed by atoms with Crippen LogP contribution < -0.4 is 11.1 Å². The van der Waals surface area contributed by atoms with Crippen LogP contribution in [-0.2, 0) is 6.42 Å². The fourth-order valence-electron chi connectivity index (χ4n) is 5.44. The van der Waals surface area contributed by atoms with Gasteiger partial charge in [-0.05, 0) is 85.0 Å². The van der Waals surface area contributed by atoms with Gasteiger partial charge in [-0.2, -0.15) is 13.2 Å². The van der Waals surface area contributed by atoms with E-state index in [0.717, 1.165) is 35.4 Å². The van der Waals surface area contributed by atoms with Gasteiger partial charge in [-0.15, -0.1) is 0 Å². The highest BCUT2D eigenvalue weighted by Gasteiger charge is 2.34. The highest BCUT2D eigenvalue weighted by Crippen LogP contribution is 2.33. The maximum absolute atomic E-state index is 14.3. The molecular formula is C33H29F6N5O. The van der Waals surface area contributed by atoms with E-state index >= 15 is 0 Å². The van der Waals surface area contributed by atoms with Crippen molar-refractivity contribution < 1.29 is 31.1 Å². The molecule has 12 heteroatoms. The van der Waals surface area contributed by atoms with Crippen LogP contribution in [0.15, 0.2) is 73.2 Å². The number of primary amides is 1. The molecule has 0 radical (unpaired) electrons. The normalized spacial score (nSPS) is 13.2. The summed E-state index contributed by atoms with van der Waals surface area (Å²) in [5, 5.41) is 3.16. The summed E-state index contributed by atoms with van der Waals surface area (Å²) in [6, 6.07) is 11.5. The van der Waals surface area contributed by atoms with Gasteiger partial charge >= 0.3 is 6.18 Å². The van der Waals surface area contributed by atoms with Crippen molar-refractivity contribution in [3.8, 4) is 11.1 Å². The van der Waals surface area contributed by atoms with E-state index in [0.29, 0.717) is 27.9 Å². The summed E-state index contributed by atoms with van der Waals surface area (Å²) in [5.41, 5.74) is 9.21. The second-order valence-corrected chi connectivity index (χ2v) is 11.0. The third kappa shape index (κ3) is 7.34. The molecule has 2 aromatic heterocycles. The molecule has 1 amide bonds. The van der Waals surface area contributed by atoms with Gasteiger partial charge in [0.15, 0.2) is 0 Å². The smallest absolute Gasteiger partial charge is 0.366 e. The minimum Gasteiger partial charge on any atom is -0.366 e. The highest BCUT2D eigenvalue weighted by molar-refractivity contribution is 5.94. The maximum Gasteiger partial charge on any atom is 0.391 e. The molecule has 0 aliphatic carbocycles. The molecule has 0 bridgehead atoms. The molecule has 2 heterocycles. The molecule has 3 N–H and O–H groups in total. The van der Waals surface area contributed by atoms with Gasteiger partial charge in [-0.3, -0.25) is 9.78 Å². The highest BCUT2D eigenvalue weighted by atomic mass is 19.4. The van der Waals surface area contributed by atoms with Gasteiger partial charge in [-0.1, -0.05) is 12.1 Å². The Morgan fingerprint density at radius 2 is 1.67 bits per heavy atom. The molecule has 5 rings (SSSR count). The number of benzene rings is 3. The number of hydrogen-bond acceptors (Lipinski definition) is 4. The number of rotatable bonds is 10. The van der Waals surface area contributed by atoms with E-state index < -0.39 is 48.0 Å². The van der Waals surface area contributed by atoms with E-state index in [9.17, 15) is 31.1 Å². The Morgan fingerprint density at radius 1 is 0.956 bits per heavy atom. The van der Waals surface area contributed by atoms with Gasteiger partial charge < -0.3 is 15.6 Å². The Kier molecular flexibility index (Phi) is 8.96. The Balaban J connectivity index is 1.58. The summed E-state index contributed by atoms with van der Waals surface area (Å²) in [7, 11) is 0. The Morgan fingerprint density at radius 3 is 2.36 bits per heavy atom. The number of pyridine rings is 1. The SMILES string of the molecule is Cc1cc2ncn(C(CN[C@@H](Cc3cc(F)cc(F)c3)c3ncccc3-c3ccc(F)c(C(N)=O)c3)CC(F)(F)F)c2cc1C. The van der Waals surface area contributed by atoms with Crippen LogP contribution >= 0.6 is 0 Å². The fourth-order valence-corrected chi connectivity index (χ4v) is 5.44. The van der Waals surface area contributed by atoms with Gasteiger partial charge in [0.1, 0.15) is 17.5 Å². The van der Waals surface area contributed by atoms with Crippen molar-refractivity contribution in [2.24, 2.45) is 5.73 Å². The number of aryl methyl sites for hydroxylation is 2. The van der Waals surface area contributed by atoms with Crippen LogP contribution in [0.1, 0.15) is 51.2 Å². The number of hydrogen-bond donors (Lipinski definition) is 2. The van der Waals surface area contributed by atoms with Gasteiger partial charge in [0.05, 0.1) is 47.1 Å². The van der Waals surface area contributed by atoms with Crippen molar-refractivity contribution in [2.75, 3.05) is 6.54 Å². The molecule has 0 fully saturated rings. The van der Waals surface area contributed by atoms with Crippen LogP contribution in [0.5, 0.6) is 0 Å². The summed E-state index contributed by atoms with van der Waals surface area (Å²) in [6.07, 6.45) is -2.95. The lowest BCUT2D eigenvalue weighted by Gasteiger charge is -2.27. The topological polar surface area (TPSA) is 85.8 Å². The number of nitrogens with zero attached hydrogens (tertiary/aromatic N) is 3. The number of nitrogens with one attached hydrogen (secondary N) is 1. The Bertz CT molecular complexity index is 1850. The number of aromatic nitrogens is 3. The number of fused-ring (bicyclic) bond motifs is 1. The molecule has 3 aromatic carbocycles. The van der Waals surface area contributed by atoms with Crippen LogP contribution in [0.25, 0.3) is 22.2 Å². The zero-order valence-electron chi connectivity index (χ0n) is 24.3. The van der Waals surface area contributed by atoms with E-state index in [1.807, 2.05) is 19.9 Å². The first kappa shape index (κ1) is 31.7. The van der Waals surface area contributed by atoms with Crippen LogP contribution in [0.4, 0.5) is 26.3 Å². The first-order valence-corrected chi connectivity index (χ1v) is 14.0. The van der Waals surface area contributed by atoms with Gasteiger partial charge in [0.25, 0.3) is 5.91 Å². The molecule has 234 valence electrons. The minimum absolute atomic E-state index is 0.0652. The van der Waals surface area contributed by atoms with Crippen molar-refractivity contribution in [1.29, 1.82) is 0 Å². The Labute approximate surface area is 254 Å². The summed E-state index contributed by atoms with van der Waals surface area (Å²) < 4.78 is 85.9. The number of imidazole rings is 1. The van der Waals surface area contributed by atoms with Crippen molar-refractivity contribution in [2.45, 2.75) is 44.9 Å². The predicted molar refractivity (Wildman–Crippen MR) is 158 cm³/mol. The van der Waals surface area contributed by atoms with E-state index in [1.165, 1.54) is 29.2 Å². The number of nitrogens with two attached hydrogens (primary N) is 1. The van der Waals surface area contributed by atoms with E-state index in [2.05, 4.69) is 15.3 Å². The average molecular weight is 626 g/mol. The van der Waals surface area contributed by atoms with Gasteiger partial charge in [-0.25, -0.2) is 18.2 Å². The number of halogens is 6. The molecule has 45 heavy (non-hydrogen) atoms. The van der Waals surface area contributed by atoms with Crippen LogP contribution in [-0.4, -0.2) is 33.2 Å². The van der Waals surface area contributed by atoms with Crippen LogP contribution in [0, 0.1) is 31.3 Å². The van der Waals surface area contributed by atoms with E-state index in [-0.39, 0.29) is 24.1 Å². The number of alkyl halides is 3. The zero-order valence-corrected chi connectivity index (χ0v) is 24.3. The second-order valence-electron chi connectivity index (χ2n) is 11.0. The molecule has 0 saturated heterocycles. The third-order valence-electron chi connectivity index (χ3n) is 7.72. The molecule has 0 spiro atoms. The molecule has 6 nitrogen and oxygen atoms in total. The molecule has 5 aromatic rings. The summed E-state index contributed by atoms with van der Waals surface area (Å²) >= 11 is 0. The number of carbonyl (C=O) groups excluding carboxylic acids is 1. The first-order chi connectivity index (χ1) is 21.3. The second kappa shape index (κ2) is 12.7. The minimum atomic E-state index is -4.53. The number of amides is 1. The summed E-state index contributed by atoms with van der Waals surface area (Å²) in [5.74, 6) is -3.45. The molecule has 2 atom stereocenters. The number of carbonyl (C=O) groups is 1. The quantitative estimate of drug-likeness (QED) is 0.160. The largest absolute Gasteiger partial charge is 0.391 e. The lowest BCUT2D eigenvalue weighted by molar-refractivity contribution is -0.142.